The highest BCUT2D eigenvalue weighted by Crippen LogP contribution is 2.18. The zero-order valence-corrected chi connectivity index (χ0v) is 12.9. The summed E-state index contributed by atoms with van der Waals surface area (Å²) in [7, 11) is 1.31. The zero-order chi connectivity index (χ0) is 15.9. The van der Waals surface area contributed by atoms with Gasteiger partial charge in [0.25, 0.3) is 0 Å². The fourth-order valence-corrected chi connectivity index (χ4v) is 2.21. The van der Waals surface area contributed by atoms with Crippen LogP contribution in [0, 0.1) is 6.92 Å². The summed E-state index contributed by atoms with van der Waals surface area (Å²) in [6.07, 6.45) is 4.39. The summed E-state index contributed by atoms with van der Waals surface area (Å²) in [5, 5.41) is 16.4. The average Bonchev–Trinajstić information content (AvgIpc) is 2.92. The topological polar surface area (TPSA) is 83.8 Å². The van der Waals surface area contributed by atoms with E-state index in [1.54, 1.807) is 18.2 Å². The molecule has 0 saturated carbocycles. The van der Waals surface area contributed by atoms with Gasteiger partial charge in [-0.1, -0.05) is 6.07 Å². The van der Waals surface area contributed by atoms with Crippen LogP contribution in [0.25, 0.3) is 6.08 Å². The fourth-order valence-electron chi connectivity index (χ4n) is 1.57. The number of aryl methyl sites for hydroxylation is 1. The molecule has 0 aliphatic rings. The highest BCUT2D eigenvalue weighted by molar-refractivity contribution is 7.13. The van der Waals surface area contributed by atoms with E-state index in [1.807, 2.05) is 12.3 Å². The van der Waals surface area contributed by atoms with Gasteiger partial charge in [0, 0.05) is 17.0 Å². The Kier molecular flexibility index (Phi) is 5.26. The van der Waals surface area contributed by atoms with Crippen LogP contribution in [-0.4, -0.2) is 29.4 Å². The Hall–Kier alpha value is -2.67. The maximum absolute atomic E-state index is 11.1. The van der Waals surface area contributed by atoms with Gasteiger partial charge in [0.2, 0.25) is 5.13 Å². The third-order valence-corrected chi connectivity index (χ3v) is 3.51. The molecule has 0 saturated heterocycles. The number of phenolic OH excluding ortho intramolecular Hbond substituents is 1. The fraction of sp³-hybridized carbons (Fsp3) is 0.133. The molecule has 2 aromatic rings. The number of ether oxygens (including phenoxy) is 1. The van der Waals surface area contributed by atoms with E-state index >= 15 is 0 Å². The number of hydrogen-bond acceptors (Lipinski definition) is 7. The second-order valence-corrected chi connectivity index (χ2v) is 5.20. The molecule has 22 heavy (non-hydrogen) atoms. The molecule has 0 aliphatic heterocycles. The molecule has 7 heteroatoms. The van der Waals surface area contributed by atoms with E-state index in [-0.39, 0.29) is 5.75 Å². The van der Waals surface area contributed by atoms with Gasteiger partial charge in [0.15, 0.2) is 0 Å². The summed E-state index contributed by atoms with van der Waals surface area (Å²) in [5.41, 5.74) is 4.98. The molecule has 2 rings (SSSR count). The molecule has 0 fully saturated rings. The number of aromatic nitrogens is 1. The third kappa shape index (κ3) is 4.42. The number of hydrogen-bond donors (Lipinski definition) is 2. The van der Waals surface area contributed by atoms with Crippen LogP contribution in [0.15, 0.2) is 34.8 Å². The number of rotatable bonds is 5. The van der Waals surface area contributed by atoms with Gasteiger partial charge >= 0.3 is 5.97 Å². The number of carbonyl (C=O) groups is 1. The molecule has 0 unspecified atom stereocenters. The average molecular weight is 317 g/mol. The molecule has 1 aromatic carbocycles. The Morgan fingerprint density at radius 3 is 3.00 bits per heavy atom. The Labute approximate surface area is 131 Å². The number of esters is 1. The number of nitrogens with one attached hydrogen (secondary N) is 1. The van der Waals surface area contributed by atoms with Crippen molar-refractivity contribution in [3.05, 3.63) is 46.5 Å². The van der Waals surface area contributed by atoms with E-state index in [0.29, 0.717) is 10.7 Å². The van der Waals surface area contributed by atoms with Gasteiger partial charge in [-0.25, -0.2) is 9.78 Å². The highest BCUT2D eigenvalue weighted by atomic mass is 32.1. The van der Waals surface area contributed by atoms with Crippen molar-refractivity contribution in [2.24, 2.45) is 5.10 Å². The van der Waals surface area contributed by atoms with E-state index in [9.17, 15) is 9.90 Å². The first kappa shape index (κ1) is 15.7. The number of anilines is 1. The zero-order valence-electron chi connectivity index (χ0n) is 12.1. The van der Waals surface area contributed by atoms with Gasteiger partial charge in [-0.3, -0.25) is 5.43 Å². The molecule has 0 atom stereocenters. The summed E-state index contributed by atoms with van der Waals surface area (Å²) in [6.45, 7) is 1.90. The van der Waals surface area contributed by atoms with E-state index in [0.717, 1.165) is 11.3 Å². The van der Waals surface area contributed by atoms with Crippen LogP contribution in [0.4, 0.5) is 5.13 Å². The molecular weight excluding hydrogens is 302 g/mol. The van der Waals surface area contributed by atoms with E-state index < -0.39 is 5.97 Å². The summed E-state index contributed by atoms with van der Waals surface area (Å²) < 4.78 is 4.52. The lowest BCUT2D eigenvalue weighted by Crippen LogP contribution is -1.94. The first-order chi connectivity index (χ1) is 10.6. The van der Waals surface area contributed by atoms with E-state index in [1.165, 1.54) is 36.8 Å². The second kappa shape index (κ2) is 7.37. The largest absolute Gasteiger partial charge is 0.507 e. The number of benzene rings is 1. The van der Waals surface area contributed by atoms with E-state index in [2.05, 4.69) is 20.2 Å². The summed E-state index contributed by atoms with van der Waals surface area (Å²) in [4.78, 5) is 15.3. The van der Waals surface area contributed by atoms with Crippen LogP contribution in [0.2, 0.25) is 0 Å². The normalized spacial score (nSPS) is 11.2. The van der Waals surface area contributed by atoms with Crippen molar-refractivity contribution in [3.8, 4) is 5.75 Å². The quantitative estimate of drug-likeness (QED) is 0.383. The van der Waals surface area contributed by atoms with Crippen molar-refractivity contribution in [2.75, 3.05) is 12.5 Å². The number of methoxy groups -OCH3 is 1. The molecule has 0 radical (unpaired) electrons. The first-order valence-corrected chi connectivity index (χ1v) is 7.26. The summed E-state index contributed by atoms with van der Waals surface area (Å²) in [5.74, 6) is -0.347. The van der Waals surface area contributed by atoms with Gasteiger partial charge < -0.3 is 9.84 Å². The van der Waals surface area contributed by atoms with Gasteiger partial charge in [0.05, 0.1) is 19.0 Å². The molecule has 6 nitrogen and oxygen atoms in total. The van der Waals surface area contributed by atoms with Crippen molar-refractivity contribution in [3.63, 3.8) is 0 Å². The van der Waals surface area contributed by atoms with E-state index in [4.69, 9.17) is 0 Å². The first-order valence-electron chi connectivity index (χ1n) is 6.39. The molecule has 1 aromatic heterocycles. The molecule has 0 amide bonds. The molecule has 0 bridgehead atoms. The lowest BCUT2D eigenvalue weighted by Gasteiger charge is -2.01. The molecule has 114 valence electrons. The third-order valence-electron chi connectivity index (χ3n) is 2.65. The maximum atomic E-state index is 11.1. The Morgan fingerprint density at radius 2 is 2.32 bits per heavy atom. The van der Waals surface area contributed by atoms with Crippen LogP contribution in [0.3, 0.4) is 0 Å². The smallest absolute Gasteiger partial charge is 0.330 e. The number of phenols is 1. The number of thiazole rings is 1. The van der Waals surface area contributed by atoms with Gasteiger partial charge in [-0.15, -0.1) is 11.3 Å². The van der Waals surface area contributed by atoms with Crippen LogP contribution in [0.5, 0.6) is 5.75 Å². The molecule has 0 aliphatic carbocycles. The van der Waals surface area contributed by atoms with Crippen LogP contribution < -0.4 is 5.43 Å². The number of aromatic hydroxyl groups is 1. The summed E-state index contributed by atoms with van der Waals surface area (Å²) in [6, 6.07) is 4.92. The maximum Gasteiger partial charge on any atom is 0.330 e. The van der Waals surface area contributed by atoms with Gasteiger partial charge in [0.1, 0.15) is 5.75 Å². The number of nitrogens with zero attached hydrogens (tertiary/aromatic N) is 2. The van der Waals surface area contributed by atoms with Gasteiger partial charge in [-0.2, -0.15) is 5.10 Å². The lowest BCUT2D eigenvalue weighted by molar-refractivity contribution is -0.134. The number of carbonyl (C=O) groups excluding carboxylic acids is 1. The van der Waals surface area contributed by atoms with Crippen LogP contribution in [0.1, 0.15) is 16.8 Å². The lowest BCUT2D eigenvalue weighted by atomic mass is 10.1. The van der Waals surface area contributed by atoms with Crippen LogP contribution in [-0.2, 0) is 9.53 Å². The molecule has 1 heterocycles. The molecular formula is C15H15N3O3S. The minimum absolute atomic E-state index is 0.0936. The van der Waals surface area contributed by atoms with Crippen LogP contribution >= 0.6 is 11.3 Å². The molecule has 0 spiro atoms. The van der Waals surface area contributed by atoms with Crippen molar-refractivity contribution in [2.45, 2.75) is 6.92 Å². The van der Waals surface area contributed by atoms with Crippen molar-refractivity contribution in [1.29, 1.82) is 0 Å². The second-order valence-electron chi connectivity index (χ2n) is 4.34. The standard InChI is InChI=1S/C15H15N3O3S/c1-10-9-22-15(17-10)18-16-8-12-7-11(3-5-13(12)19)4-6-14(20)21-2/h3-9,19H,1-2H3,(H,17,18). The number of hydrazone groups is 1. The minimum Gasteiger partial charge on any atom is -0.507 e. The predicted molar refractivity (Wildman–Crippen MR) is 87.2 cm³/mol. The SMILES string of the molecule is COC(=O)C=Cc1ccc(O)c(C=NNc2nc(C)cs2)c1. The van der Waals surface area contributed by atoms with Crippen molar-refractivity contribution < 1.29 is 14.6 Å². The van der Waals surface area contributed by atoms with Crippen molar-refractivity contribution >= 4 is 34.7 Å². The van der Waals surface area contributed by atoms with Gasteiger partial charge in [-0.05, 0) is 30.7 Å². The minimum atomic E-state index is -0.441. The Morgan fingerprint density at radius 1 is 1.50 bits per heavy atom. The highest BCUT2D eigenvalue weighted by Gasteiger charge is 2.00. The monoisotopic (exact) mass is 317 g/mol. The van der Waals surface area contributed by atoms with Crippen molar-refractivity contribution in [1.82, 2.24) is 4.98 Å². The Bertz CT molecular complexity index is 723. The molecule has 2 N–H and O–H groups in total. The summed E-state index contributed by atoms with van der Waals surface area (Å²) >= 11 is 1.44. The Balaban J connectivity index is 2.09. The predicted octanol–water partition coefficient (Wildman–Crippen LogP) is 2.79.